The topological polar surface area (TPSA) is 61.6 Å². The van der Waals surface area contributed by atoms with Gasteiger partial charge in [-0.05, 0) is 24.3 Å². The number of hydrogen-bond acceptors (Lipinski definition) is 4. The van der Waals surface area contributed by atoms with E-state index in [2.05, 4.69) is 0 Å². The van der Waals surface area contributed by atoms with Gasteiger partial charge in [0.15, 0.2) is 0 Å². The monoisotopic (exact) mass is 361 g/mol. The second-order valence-electron chi connectivity index (χ2n) is 4.68. The zero-order valence-corrected chi connectivity index (χ0v) is 13.0. The summed E-state index contributed by atoms with van der Waals surface area (Å²) in [5.74, 6) is 0.377. The lowest BCUT2D eigenvalue weighted by Gasteiger charge is -2.13. The minimum absolute atomic E-state index is 0.0261. The van der Waals surface area contributed by atoms with Crippen LogP contribution in [0.3, 0.4) is 0 Å². The molecule has 2 aromatic carbocycles. The van der Waals surface area contributed by atoms with Crippen molar-refractivity contribution in [1.29, 1.82) is 0 Å². The average molecular weight is 362 g/mol. The summed E-state index contributed by atoms with van der Waals surface area (Å²) >= 11 is 5.79. The molecule has 9 heteroatoms. The number of halogens is 4. The summed E-state index contributed by atoms with van der Waals surface area (Å²) in [6.07, 6.45) is -4.51. The molecule has 0 radical (unpaired) electrons. The highest BCUT2D eigenvalue weighted by molar-refractivity contribution is 6.32. The molecule has 0 aliphatic heterocycles. The second-order valence-corrected chi connectivity index (χ2v) is 5.09. The molecule has 0 amide bonds. The minimum atomic E-state index is -4.51. The lowest BCUT2D eigenvalue weighted by Crippen LogP contribution is -2.05. The first-order valence-electron chi connectivity index (χ1n) is 6.53. The van der Waals surface area contributed by atoms with Crippen LogP contribution in [0.15, 0.2) is 36.4 Å². The molecule has 2 aromatic rings. The molecule has 0 aliphatic carbocycles. The van der Waals surface area contributed by atoms with Gasteiger partial charge >= 0.3 is 6.18 Å². The Kier molecular flexibility index (Phi) is 5.18. The maximum atomic E-state index is 12.6. The smallest absolute Gasteiger partial charge is 0.416 e. The first kappa shape index (κ1) is 17.9. The molecular formula is C15H11ClF3NO4. The second kappa shape index (κ2) is 6.96. The van der Waals surface area contributed by atoms with Crippen molar-refractivity contribution >= 4 is 17.3 Å². The number of alkyl halides is 3. The molecule has 0 aromatic heterocycles. The molecule has 0 saturated carbocycles. The molecule has 5 nitrogen and oxygen atoms in total. The van der Waals surface area contributed by atoms with Crippen LogP contribution < -0.4 is 9.47 Å². The van der Waals surface area contributed by atoms with Crippen LogP contribution in [0.2, 0.25) is 5.02 Å². The fourth-order valence-corrected chi connectivity index (χ4v) is 2.18. The predicted molar refractivity (Wildman–Crippen MR) is 80.4 cm³/mol. The summed E-state index contributed by atoms with van der Waals surface area (Å²) in [4.78, 5) is 10.2. The van der Waals surface area contributed by atoms with Gasteiger partial charge in [0.25, 0.3) is 5.69 Å². The predicted octanol–water partition coefficient (Wildman–Crippen LogP) is 4.85. The lowest BCUT2D eigenvalue weighted by molar-refractivity contribution is -0.385. The van der Waals surface area contributed by atoms with Gasteiger partial charge in [0.05, 0.1) is 22.6 Å². The lowest BCUT2D eigenvalue weighted by atomic mass is 10.2. The van der Waals surface area contributed by atoms with E-state index in [1.165, 1.54) is 25.3 Å². The van der Waals surface area contributed by atoms with Gasteiger partial charge in [-0.25, -0.2) is 0 Å². The average Bonchev–Trinajstić information content (AvgIpc) is 2.52. The fraction of sp³-hybridized carbons (Fsp3) is 0.200. The van der Waals surface area contributed by atoms with Crippen LogP contribution >= 0.6 is 11.6 Å². The zero-order valence-electron chi connectivity index (χ0n) is 12.3. The number of rotatable bonds is 5. The summed E-state index contributed by atoms with van der Waals surface area (Å²) in [5.41, 5.74) is -0.691. The molecule has 0 atom stereocenters. The molecule has 2 rings (SSSR count). The standard InChI is InChI=1S/C15H11ClF3NO4/c1-23-13-5-3-11(20(21)22)6-9(13)8-24-14-4-2-10(7-12(14)16)15(17,18)19/h2-7H,8H2,1H3. The molecule has 24 heavy (non-hydrogen) atoms. The van der Waals surface area contributed by atoms with E-state index in [0.29, 0.717) is 11.3 Å². The summed E-state index contributed by atoms with van der Waals surface area (Å²) < 4.78 is 48.2. The van der Waals surface area contributed by atoms with Crippen LogP contribution in [0.5, 0.6) is 11.5 Å². The van der Waals surface area contributed by atoms with E-state index >= 15 is 0 Å². The van der Waals surface area contributed by atoms with Gasteiger partial charge in [0.2, 0.25) is 0 Å². The van der Waals surface area contributed by atoms with Crippen molar-refractivity contribution in [2.75, 3.05) is 7.11 Å². The van der Waals surface area contributed by atoms with Gasteiger partial charge in [0.1, 0.15) is 18.1 Å². The SMILES string of the molecule is COc1ccc([N+](=O)[O-])cc1COc1ccc(C(F)(F)F)cc1Cl. The third-order valence-corrected chi connectivity index (χ3v) is 3.41. The van der Waals surface area contributed by atoms with Crippen molar-refractivity contribution in [1.82, 2.24) is 0 Å². The van der Waals surface area contributed by atoms with Crippen molar-refractivity contribution in [2.45, 2.75) is 12.8 Å². The Bertz CT molecular complexity index is 765. The van der Waals surface area contributed by atoms with Crippen LogP contribution in [0, 0.1) is 10.1 Å². The summed E-state index contributed by atoms with van der Waals surface area (Å²) in [5, 5.41) is 10.6. The fourth-order valence-electron chi connectivity index (χ4n) is 1.94. The van der Waals surface area contributed by atoms with Gasteiger partial charge in [-0.15, -0.1) is 0 Å². The number of nitro benzene ring substituents is 1. The molecule has 0 unspecified atom stereocenters. The van der Waals surface area contributed by atoms with Crippen molar-refractivity contribution in [3.05, 3.63) is 62.7 Å². The largest absolute Gasteiger partial charge is 0.496 e. The molecule has 0 fully saturated rings. The number of methoxy groups -OCH3 is 1. The highest BCUT2D eigenvalue weighted by atomic mass is 35.5. The van der Waals surface area contributed by atoms with E-state index in [-0.39, 0.29) is 23.1 Å². The maximum absolute atomic E-state index is 12.6. The Balaban J connectivity index is 2.22. The highest BCUT2D eigenvalue weighted by Gasteiger charge is 2.31. The highest BCUT2D eigenvalue weighted by Crippen LogP contribution is 2.35. The van der Waals surface area contributed by atoms with Gasteiger partial charge in [0, 0.05) is 17.7 Å². The number of hydrogen-bond donors (Lipinski definition) is 0. The van der Waals surface area contributed by atoms with Crippen LogP contribution in [0.4, 0.5) is 18.9 Å². The third kappa shape index (κ3) is 4.08. The van der Waals surface area contributed by atoms with Crippen molar-refractivity contribution in [2.24, 2.45) is 0 Å². The Morgan fingerprint density at radius 3 is 2.38 bits per heavy atom. The summed E-state index contributed by atoms with van der Waals surface area (Å²) in [6.45, 7) is -0.157. The number of nitro groups is 1. The molecule has 0 N–H and O–H groups in total. The van der Waals surface area contributed by atoms with Gasteiger partial charge in [-0.2, -0.15) is 13.2 Å². The van der Waals surface area contributed by atoms with Gasteiger partial charge in [-0.1, -0.05) is 11.6 Å². The molecule has 0 bridgehead atoms. The molecule has 0 spiro atoms. The quantitative estimate of drug-likeness (QED) is 0.564. The van der Waals surface area contributed by atoms with Crippen LogP contribution in [0.25, 0.3) is 0 Å². The molecule has 128 valence electrons. The molecular weight excluding hydrogens is 351 g/mol. The van der Waals surface area contributed by atoms with Crippen molar-refractivity contribution in [3.8, 4) is 11.5 Å². The zero-order chi connectivity index (χ0) is 17.9. The Hall–Kier alpha value is -2.48. The van der Waals surface area contributed by atoms with E-state index in [0.717, 1.165) is 18.2 Å². The number of ether oxygens (including phenoxy) is 2. The summed E-state index contributed by atoms with van der Waals surface area (Å²) in [6, 6.07) is 6.62. The van der Waals surface area contributed by atoms with Crippen LogP contribution in [-0.4, -0.2) is 12.0 Å². The summed E-state index contributed by atoms with van der Waals surface area (Å²) in [7, 11) is 1.38. The van der Waals surface area contributed by atoms with Gasteiger partial charge in [-0.3, -0.25) is 10.1 Å². The van der Waals surface area contributed by atoms with E-state index in [4.69, 9.17) is 21.1 Å². The molecule has 0 aliphatic rings. The van der Waals surface area contributed by atoms with Crippen molar-refractivity contribution in [3.63, 3.8) is 0 Å². The van der Waals surface area contributed by atoms with E-state index in [1.54, 1.807) is 0 Å². The maximum Gasteiger partial charge on any atom is 0.416 e. The van der Waals surface area contributed by atoms with Gasteiger partial charge < -0.3 is 9.47 Å². The van der Waals surface area contributed by atoms with Crippen LogP contribution in [-0.2, 0) is 12.8 Å². The number of non-ortho nitro benzene ring substituents is 1. The van der Waals surface area contributed by atoms with E-state index in [9.17, 15) is 23.3 Å². The minimum Gasteiger partial charge on any atom is -0.496 e. The van der Waals surface area contributed by atoms with Crippen molar-refractivity contribution < 1.29 is 27.6 Å². The third-order valence-electron chi connectivity index (χ3n) is 3.12. The normalized spacial score (nSPS) is 11.2. The Labute approximate surface area is 139 Å². The Morgan fingerprint density at radius 1 is 1.17 bits per heavy atom. The number of nitrogens with zero attached hydrogens (tertiary/aromatic N) is 1. The first-order valence-corrected chi connectivity index (χ1v) is 6.91. The molecule has 0 saturated heterocycles. The number of benzene rings is 2. The van der Waals surface area contributed by atoms with E-state index in [1.807, 2.05) is 0 Å². The Morgan fingerprint density at radius 2 is 1.83 bits per heavy atom. The molecule has 0 heterocycles. The van der Waals surface area contributed by atoms with E-state index < -0.39 is 16.7 Å². The first-order chi connectivity index (χ1) is 11.2. The van der Waals surface area contributed by atoms with Crippen LogP contribution in [0.1, 0.15) is 11.1 Å².